The molecule has 0 aliphatic heterocycles. The van der Waals surface area contributed by atoms with Gasteiger partial charge in [-0.05, 0) is 0 Å². The molecule has 36 valence electrons. The number of rotatable bonds is 1. The summed E-state index contributed by atoms with van der Waals surface area (Å²) < 4.78 is 26.2. The van der Waals surface area contributed by atoms with E-state index in [1.54, 1.807) is 0 Å². The molecule has 0 radical (unpaired) electrons. The monoisotopic (exact) mass is 184 g/mol. The molecule has 0 spiro atoms. The number of hydrogen-bond acceptors (Lipinski definition) is 3. The third-order valence-corrected chi connectivity index (χ3v) is 0.532. The molecule has 0 saturated carbocycles. The SMILES string of the molecule is O=[SiH][V]=[O].[O]=[Fe]. The summed E-state index contributed by atoms with van der Waals surface area (Å²) in [5.74, 6) is 0. The van der Waals surface area contributed by atoms with E-state index in [1.807, 2.05) is 15.9 Å². The summed E-state index contributed by atoms with van der Waals surface area (Å²) >= 11 is 0.993. The van der Waals surface area contributed by atoms with Crippen LogP contribution in [-0.4, -0.2) is 7.78 Å². The number of hydrogen-bond donors (Lipinski definition) is 0. The van der Waals surface area contributed by atoms with Gasteiger partial charge in [-0.3, -0.25) is 0 Å². The van der Waals surface area contributed by atoms with E-state index in [0.717, 1.165) is 0 Å². The van der Waals surface area contributed by atoms with Gasteiger partial charge in [0.05, 0.1) is 0 Å². The van der Waals surface area contributed by atoms with Gasteiger partial charge < -0.3 is 0 Å². The zero-order valence-electron chi connectivity index (χ0n) is 2.60. The van der Waals surface area contributed by atoms with Crippen molar-refractivity contribution in [2.75, 3.05) is 0 Å². The first-order valence-corrected chi connectivity index (χ1v) is 5.25. The van der Waals surface area contributed by atoms with Gasteiger partial charge in [0.1, 0.15) is 0 Å². The van der Waals surface area contributed by atoms with E-state index in [2.05, 4.69) is 0 Å². The maximum absolute atomic E-state index is 9.12. The van der Waals surface area contributed by atoms with Crippen molar-refractivity contribution in [3.63, 3.8) is 0 Å². The molecule has 0 heterocycles. The third-order valence-electron chi connectivity index (χ3n) is 0.0430. The fourth-order valence-electron chi connectivity index (χ4n) is 0. The second kappa shape index (κ2) is 17.2. The van der Waals surface area contributed by atoms with Crippen molar-refractivity contribution in [1.82, 2.24) is 0 Å². The second-order valence-electron chi connectivity index (χ2n) is 0.211. The summed E-state index contributed by atoms with van der Waals surface area (Å²) in [7, 11) is -0.929. The minimum atomic E-state index is -1.01. The van der Waals surface area contributed by atoms with Gasteiger partial charge >= 0.3 is 51.3 Å². The summed E-state index contributed by atoms with van der Waals surface area (Å²) in [6.07, 6.45) is 0. The van der Waals surface area contributed by atoms with E-state index in [1.165, 1.54) is 0 Å². The molecule has 0 aliphatic rings. The average molecular weight is 184 g/mol. The van der Waals surface area contributed by atoms with Crippen LogP contribution in [0.2, 0.25) is 0 Å². The van der Waals surface area contributed by atoms with E-state index in [-0.39, 0.29) is 0 Å². The van der Waals surface area contributed by atoms with Crippen LogP contribution >= 0.6 is 0 Å². The Morgan fingerprint density at radius 1 is 1.50 bits per heavy atom. The van der Waals surface area contributed by atoms with Crippen molar-refractivity contribution in [2.24, 2.45) is 0 Å². The molecule has 6 heteroatoms. The van der Waals surface area contributed by atoms with Gasteiger partial charge in [-0.15, -0.1) is 0 Å². The van der Waals surface area contributed by atoms with E-state index >= 15 is 0 Å². The fourth-order valence-corrected chi connectivity index (χ4v) is 0. The predicted octanol–water partition coefficient (Wildman–Crippen LogP) is -1.01. The summed E-state index contributed by atoms with van der Waals surface area (Å²) in [5.41, 5.74) is 0. The molecule has 0 aliphatic carbocycles. The maximum atomic E-state index is 9.12. The van der Waals surface area contributed by atoms with Crippen molar-refractivity contribution >= 4 is 7.78 Å². The molecule has 0 N–H and O–H groups in total. The Balaban J connectivity index is 0. The van der Waals surface area contributed by atoms with Crippen LogP contribution in [0.4, 0.5) is 0 Å². The summed E-state index contributed by atoms with van der Waals surface area (Å²) in [4.78, 5) is 0. The van der Waals surface area contributed by atoms with Crippen LogP contribution < -0.4 is 0 Å². The molecule has 6 heavy (non-hydrogen) atoms. The Morgan fingerprint density at radius 2 is 1.67 bits per heavy atom. The average Bonchev–Trinajstić information content (AvgIpc) is 1.72. The molecule has 0 aromatic heterocycles. The van der Waals surface area contributed by atoms with E-state index in [0.29, 0.717) is 0 Å². The van der Waals surface area contributed by atoms with E-state index < -0.39 is 23.3 Å². The molecule has 0 saturated heterocycles. The van der Waals surface area contributed by atoms with Crippen LogP contribution in [0.5, 0.6) is 0 Å². The van der Waals surface area contributed by atoms with Gasteiger partial charge in [0.2, 0.25) is 0 Å². The molecular weight excluding hydrogens is 183 g/mol. The standard InChI is InChI=1S/Fe.HOSi.2O.V/c;1-2;;;/h;2H;;;. The summed E-state index contributed by atoms with van der Waals surface area (Å²) in [6.45, 7) is 0. The van der Waals surface area contributed by atoms with Crippen LogP contribution in [0.15, 0.2) is 0 Å². The van der Waals surface area contributed by atoms with Gasteiger partial charge in [0.15, 0.2) is 0 Å². The first-order valence-electron chi connectivity index (χ1n) is 0.821. The van der Waals surface area contributed by atoms with E-state index in [9.17, 15) is 0 Å². The predicted molar refractivity (Wildman–Crippen MR) is 9.21 cm³/mol. The first kappa shape index (κ1) is 9.87. The molecule has 0 bridgehead atoms. The summed E-state index contributed by atoms with van der Waals surface area (Å²) in [5, 5.41) is 0. The molecule has 0 atom stereocenters. The minimum absolute atomic E-state index is 0.929. The van der Waals surface area contributed by atoms with Crippen molar-refractivity contribution in [2.45, 2.75) is 0 Å². The third kappa shape index (κ3) is 22.1. The molecule has 0 aromatic carbocycles. The quantitative estimate of drug-likeness (QED) is 0.490. The van der Waals surface area contributed by atoms with Crippen molar-refractivity contribution < 1.29 is 43.5 Å². The van der Waals surface area contributed by atoms with Crippen molar-refractivity contribution in [1.29, 1.82) is 0 Å². The zero-order valence-corrected chi connectivity index (χ0v) is 6.26. The Hall–Kier alpha value is 0.721. The Bertz CT molecular complexity index is 40.1. The van der Waals surface area contributed by atoms with Gasteiger partial charge in [0.25, 0.3) is 0 Å². The van der Waals surface area contributed by atoms with Crippen LogP contribution in [0.25, 0.3) is 0 Å². The molecular formula is HFeO3SiV. The van der Waals surface area contributed by atoms with Crippen molar-refractivity contribution in [3.05, 3.63) is 0 Å². The molecule has 0 aromatic rings. The normalized spacial score (nSPS) is 4.17. The van der Waals surface area contributed by atoms with Crippen molar-refractivity contribution in [3.8, 4) is 0 Å². The zero-order chi connectivity index (χ0) is 5.41. The Labute approximate surface area is 51.4 Å². The molecule has 0 rings (SSSR count). The summed E-state index contributed by atoms with van der Waals surface area (Å²) in [6, 6.07) is 0. The molecule has 0 fully saturated rings. The van der Waals surface area contributed by atoms with Crippen LogP contribution in [-0.2, 0) is 43.5 Å². The van der Waals surface area contributed by atoms with Gasteiger partial charge in [-0.1, -0.05) is 0 Å². The molecule has 3 nitrogen and oxygen atoms in total. The van der Waals surface area contributed by atoms with Gasteiger partial charge in [-0.25, -0.2) is 0 Å². The van der Waals surface area contributed by atoms with E-state index in [4.69, 9.17) is 12.0 Å². The van der Waals surface area contributed by atoms with Gasteiger partial charge in [-0.2, -0.15) is 0 Å². The Kier molecular flexibility index (Phi) is 28.3. The topological polar surface area (TPSA) is 51.2 Å². The van der Waals surface area contributed by atoms with Gasteiger partial charge in [0, 0.05) is 0 Å². The molecule has 0 amide bonds. The fraction of sp³-hybridized carbons (Fsp3) is 0. The van der Waals surface area contributed by atoms with Crippen LogP contribution in [0.3, 0.4) is 0 Å². The van der Waals surface area contributed by atoms with Crippen LogP contribution in [0.1, 0.15) is 0 Å². The first-order chi connectivity index (χ1) is 2.91. The Morgan fingerprint density at radius 3 is 1.67 bits per heavy atom. The second-order valence-corrected chi connectivity index (χ2v) is 2.61. The van der Waals surface area contributed by atoms with Crippen LogP contribution in [0, 0.1) is 0 Å². The molecule has 0 unspecified atom stereocenters.